The van der Waals surface area contributed by atoms with E-state index >= 15 is 0 Å². The number of hydrogen-bond acceptors (Lipinski definition) is 4. The van der Waals surface area contributed by atoms with Crippen LogP contribution in [0.1, 0.15) is 0 Å². The third-order valence-electron chi connectivity index (χ3n) is 1.61. The molecule has 0 saturated carbocycles. The lowest BCUT2D eigenvalue weighted by Crippen LogP contribution is -1.87. The van der Waals surface area contributed by atoms with Crippen LogP contribution in [-0.2, 0) is 0 Å². The van der Waals surface area contributed by atoms with E-state index in [1.54, 1.807) is 27.7 Å². The molecule has 0 fully saturated rings. The van der Waals surface area contributed by atoms with Crippen LogP contribution in [0.2, 0.25) is 0 Å². The SMILES string of the molecule is C=C(N)/C=C\C(=C)SSc1ccc(N)cc1. The average Bonchev–Trinajstić information content (AvgIpc) is 2.25. The number of benzene rings is 1. The van der Waals surface area contributed by atoms with E-state index in [1.165, 1.54) is 0 Å². The molecule has 0 aromatic heterocycles. The van der Waals surface area contributed by atoms with Gasteiger partial charge in [-0.3, -0.25) is 0 Å². The molecule has 1 aromatic carbocycles. The predicted molar refractivity (Wildman–Crippen MR) is 75.9 cm³/mol. The van der Waals surface area contributed by atoms with Gasteiger partial charge in [-0.25, -0.2) is 0 Å². The summed E-state index contributed by atoms with van der Waals surface area (Å²) < 4.78 is 0. The van der Waals surface area contributed by atoms with Gasteiger partial charge in [-0.15, -0.1) is 0 Å². The van der Waals surface area contributed by atoms with Crippen molar-refractivity contribution in [1.82, 2.24) is 0 Å². The number of anilines is 1. The van der Waals surface area contributed by atoms with Gasteiger partial charge >= 0.3 is 0 Å². The largest absolute Gasteiger partial charge is 0.399 e. The third kappa shape index (κ3) is 5.00. The first-order valence-electron chi connectivity index (χ1n) is 4.59. The Morgan fingerprint density at radius 3 is 2.31 bits per heavy atom. The summed E-state index contributed by atoms with van der Waals surface area (Å²) in [6.07, 6.45) is 3.58. The van der Waals surface area contributed by atoms with Crippen molar-refractivity contribution >= 4 is 27.3 Å². The van der Waals surface area contributed by atoms with E-state index in [9.17, 15) is 0 Å². The van der Waals surface area contributed by atoms with E-state index in [2.05, 4.69) is 13.2 Å². The summed E-state index contributed by atoms with van der Waals surface area (Å²) in [5.74, 6) is 0. The minimum absolute atomic E-state index is 0.527. The van der Waals surface area contributed by atoms with Crippen molar-refractivity contribution in [2.75, 3.05) is 5.73 Å². The molecule has 0 aliphatic rings. The average molecular weight is 250 g/mol. The number of rotatable bonds is 5. The lowest BCUT2D eigenvalue weighted by Gasteiger charge is -2.01. The number of nitrogens with two attached hydrogens (primary N) is 2. The molecule has 16 heavy (non-hydrogen) atoms. The molecule has 0 saturated heterocycles. The highest BCUT2D eigenvalue weighted by molar-refractivity contribution is 8.78. The first kappa shape index (κ1) is 12.8. The maximum Gasteiger partial charge on any atom is 0.0314 e. The zero-order chi connectivity index (χ0) is 12.0. The monoisotopic (exact) mass is 250 g/mol. The summed E-state index contributed by atoms with van der Waals surface area (Å²) in [5.41, 5.74) is 12.3. The summed E-state index contributed by atoms with van der Waals surface area (Å²) in [4.78, 5) is 2.06. The fourth-order valence-electron chi connectivity index (χ4n) is 0.853. The van der Waals surface area contributed by atoms with Crippen molar-refractivity contribution in [3.8, 4) is 0 Å². The van der Waals surface area contributed by atoms with Crippen LogP contribution in [0.25, 0.3) is 0 Å². The van der Waals surface area contributed by atoms with Crippen LogP contribution in [0, 0.1) is 0 Å². The standard InChI is InChI=1S/C12H14N2S2/c1-9(13)3-4-10(2)15-16-12-7-5-11(14)6-8-12/h3-8H,1-2,13-14H2/b4-3-. The van der Waals surface area contributed by atoms with E-state index in [0.717, 1.165) is 15.5 Å². The summed E-state index contributed by atoms with van der Waals surface area (Å²) in [6, 6.07) is 7.71. The van der Waals surface area contributed by atoms with Gasteiger partial charge in [-0.1, -0.05) is 34.7 Å². The molecule has 1 rings (SSSR count). The van der Waals surface area contributed by atoms with Crippen LogP contribution >= 0.6 is 21.6 Å². The molecule has 4 N–H and O–H groups in total. The summed E-state index contributed by atoms with van der Waals surface area (Å²) in [6.45, 7) is 7.47. The van der Waals surface area contributed by atoms with Crippen molar-refractivity contribution in [2.24, 2.45) is 5.73 Å². The highest BCUT2D eigenvalue weighted by Crippen LogP contribution is 2.36. The van der Waals surface area contributed by atoms with Crippen LogP contribution in [-0.4, -0.2) is 0 Å². The van der Waals surface area contributed by atoms with Gasteiger partial charge in [0.2, 0.25) is 0 Å². The van der Waals surface area contributed by atoms with Gasteiger partial charge in [0.1, 0.15) is 0 Å². The van der Waals surface area contributed by atoms with Crippen molar-refractivity contribution in [3.05, 3.63) is 60.2 Å². The minimum atomic E-state index is 0.527. The van der Waals surface area contributed by atoms with E-state index in [-0.39, 0.29) is 0 Å². The third-order valence-corrected chi connectivity index (χ3v) is 3.98. The number of nitrogen functional groups attached to an aromatic ring is 1. The van der Waals surface area contributed by atoms with Gasteiger partial charge in [0.15, 0.2) is 0 Å². The molecule has 0 atom stereocenters. The van der Waals surface area contributed by atoms with Crippen molar-refractivity contribution in [3.63, 3.8) is 0 Å². The van der Waals surface area contributed by atoms with Gasteiger partial charge in [0, 0.05) is 21.2 Å². The Bertz CT molecular complexity index is 408. The van der Waals surface area contributed by atoms with Crippen molar-refractivity contribution in [2.45, 2.75) is 4.90 Å². The second-order valence-corrected chi connectivity index (χ2v) is 5.44. The summed E-state index contributed by atoms with van der Waals surface area (Å²) in [7, 11) is 3.20. The number of hydrogen-bond donors (Lipinski definition) is 2. The molecule has 0 radical (unpaired) electrons. The Labute approximate surface area is 104 Å². The van der Waals surface area contributed by atoms with Crippen LogP contribution < -0.4 is 11.5 Å². The Morgan fingerprint density at radius 1 is 1.12 bits per heavy atom. The number of allylic oxidation sites excluding steroid dienone is 2. The Kier molecular flexibility index (Phi) is 5.08. The summed E-state index contributed by atoms with van der Waals surface area (Å²) >= 11 is 0. The van der Waals surface area contributed by atoms with Crippen LogP contribution in [0.5, 0.6) is 0 Å². The Balaban J connectivity index is 2.43. The van der Waals surface area contributed by atoms with Gasteiger partial charge in [0.25, 0.3) is 0 Å². The highest BCUT2D eigenvalue weighted by Gasteiger charge is 1.95. The van der Waals surface area contributed by atoms with Crippen LogP contribution in [0.4, 0.5) is 5.69 Å². The molecule has 84 valence electrons. The van der Waals surface area contributed by atoms with E-state index in [1.807, 2.05) is 30.3 Å². The Morgan fingerprint density at radius 2 is 1.75 bits per heavy atom. The molecule has 2 nitrogen and oxygen atoms in total. The molecule has 0 unspecified atom stereocenters. The topological polar surface area (TPSA) is 52.0 Å². The van der Waals surface area contributed by atoms with E-state index < -0.39 is 0 Å². The van der Waals surface area contributed by atoms with Crippen LogP contribution in [0.3, 0.4) is 0 Å². The first-order valence-corrected chi connectivity index (χ1v) is 6.74. The molecule has 0 aliphatic heterocycles. The predicted octanol–water partition coefficient (Wildman–Crippen LogP) is 3.55. The molecule has 0 aliphatic carbocycles. The van der Waals surface area contributed by atoms with Gasteiger partial charge in [-0.2, -0.15) is 0 Å². The fraction of sp³-hybridized carbons (Fsp3) is 0. The van der Waals surface area contributed by atoms with E-state index in [0.29, 0.717) is 5.70 Å². The van der Waals surface area contributed by atoms with Crippen LogP contribution in [0.15, 0.2) is 65.1 Å². The smallest absolute Gasteiger partial charge is 0.0314 e. The zero-order valence-electron chi connectivity index (χ0n) is 8.85. The molecular weight excluding hydrogens is 236 g/mol. The van der Waals surface area contributed by atoms with Gasteiger partial charge in [-0.05, 0) is 36.4 Å². The molecule has 0 bridgehead atoms. The zero-order valence-corrected chi connectivity index (χ0v) is 10.5. The molecule has 1 aromatic rings. The first-order chi connectivity index (χ1) is 7.58. The highest BCUT2D eigenvalue weighted by atomic mass is 33.1. The van der Waals surface area contributed by atoms with Crippen molar-refractivity contribution < 1.29 is 0 Å². The second kappa shape index (κ2) is 6.35. The van der Waals surface area contributed by atoms with Gasteiger partial charge in [0.05, 0.1) is 0 Å². The molecule has 0 amide bonds. The normalized spacial score (nSPS) is 10.5. The molecule has 0 spiro atoms. The fourth-order valence-corrected chi connectivity index (χ4v) is 2.54. The maximum atomic E-state index is 5.60. The lowest BCUT2D eigenvalue weighted by atomic mass is 10.3. The molecule has 0 heterocycles. The van der Waals surface area contributed by atoms with Gasteiger partial charge < -0.3 is 11.5 Å². The Hall–Kier alpha value is -1.26. The quantitative estimate of drug-likeness (QED) is 0.477. The van der Waals surface area contributed by atoms with Crippen molar-refractivity contribution in [1.29, 1.82) is 0 Å². The van der Waals surface area contributed by atoms with E-state index in [4.69, 9.17) is 11.5 Å². The molecule has 4 heteroatoms. The molecular formula is C12H14N2S2. The minimum Gasteiger partial charge on any atom is -0.399 e. The lowest BCUT2D eigenvalue weighted by molar-refractivity contribution is 1.45. The second-order valence-electron chi connectivity index (χ2n) is 3.11. The maximum absolute atomic E-state index is 5.60. The summed E-state index contributed by atoms with van der Waals surface area (Å²) in [5, 5.41) is 0.